The molecule has 0 radical (unpaired) electrons. The molecule has 0 saturated heterocycles. The summed E-state index contributed by atoms with van der Waals surface area (Å²) < 4.78 is 0. The SMILES string of the molecule is CC(NC(=O)C=Cc1ccccc1)C(=O)N1CC=C(c2ccccc2)CC1. The Balaban J connectivity index is 1.53. The van der Waals surface area contributed by atoms with Crippen LogP contribution in [0.4, 0.5) is 0 Å². The van der Waals surface area contributed by atoms with Crippen LogP contribution in [0.15, 0.2) is 72.8 Å². The summed E-state index contributed by atoms with van der Waals surface area (Å²) in [5, 5.41) is 2.75. The highest BCUT2D eigenvalue weighted by Crippen LogP contribution is 2.22. The number of amides is 2. The van der Waals surface area contributed by atoms with Crippen molar-refractivity contribution in [2.45, 2.75) is 19.4 Å². The molecule has 0 aromatic heterocycles. The third-order valence-corrected chi connectivity index (χ3v) is 4.62. The lowest BCUT2D eigenvalue weighted by Crippen LogP contribution is -2.47. The van der Waals surface area contributed by atoms with Crippen LogP contribution in [0.3, 0.4) is 0 Å². The molecule has 4 nitrogen and oxygen atoms in total. The maximum absolute atomic E-state index is 12.6. The fourth-order valence-electron chi connectivity index (χ4n) is 3.12. The van der Waals surface area contributed by atoms with E-state index in [1.54, 1.807) is 17.9 Å². The van der Waals surface area contributed by atoms with E-state index in [1.807, 2.05) is 48.5 Å². The molecule has 138 valence electrons. The van der Waals surface area contributed by atoms with Crippen molar-refractivity contribution >= 4 is 23.5 Å². The molecular weight excluding hydrogens is 336 g/mol. The molecule has 1 aliphatic rings. The van der Waals surface area contributed by atoms with Crippen molar-refractivity contribution in [2.24, 2.45) is 0 Å². The molecule has 1 heterocycles. The van der Waals surface area contributed by atoms with Crippen LogP contribution in [0.1, 0.15) is 24.5 Å². The Bertz CT molecular complexity index is 841. The molecule has 0 aliphatic carbocycles. The lowest BCUT2D eigenvalue weighted by atomic mass is 9.99. The monoisotopic (exact) mass is 360 g/mol. The van der Waals surface area contributed by atoms with Gasteiger partial charge in [-0.15, -0.1) is 0 Å². The van der Waals surface area contributed by atoms with Crippen molar-refractivity contribution in [3.8, 4) is 0 Å². The number of nitrogens with zero attached hydrogens (tertiary/aromatic N) is 1. The second-order valence-corrected chi connectivity index (χ2v) is 6.60. The van der Waals surface area contributed by atoms with Gasteiger partial charge in [-0.05, 0) is 36.1 Å². The van der Waals surface area contributed by atoms with Gasteiger partial charge in [-0.25, -0.2) is 0 Å². The Morgan fingerprint density at radius 1 is 1.04 bits per heavy atom. The summed E-state index contributed by atoms with van der Waals surface area (Å²) >= 11 is 0. The van der Waals surface area contributed by atoms with Crippen molar-refractivity contribution in [1.29, 1.82) is 0 Å². The highest BCUT2D eigenvalue weighted by atomic mass is 16.2. The maximum atomic E-state index is 12.6. The van der Waals surface area contributed by atoms with Crippen molar-refractivity contribution in [3.05, 3.63) is 83.9 Å². The van der Waals surface area contributed by atoms with E-state index in [-0.39, 0.29) is 11.8 Å². The molecule has 2 aromatic rings. The topological polar surface area (TPSA) is 49.4 Å². The Hall–Kier alpha value is -3.14. The minimum atomic E-state index is -0.551. The van der Waals surface area contributed by atoms with Gasteiger partial charge in [0, 0.05) is 19.2 Å². The minimum Gasteiger partial charge on any atom is -0.341 e. The predicted molar refractivity (Wildman–Crippen MR) is 109 cm³/mol. The fourth-order valence-corrected chi connectivity index (χ4v) is 3.12. The fraction of sp³-hybridized carbons (Fsp3) is 0.217. The molecule has 1 atom stereocenters. The van der Waals surface area contributed by atoms with Crippen LogP contribution in [0.5, 0.6) is 0 Å². The molecule has 2 aromatic carbocycles. The molecule has 0 bridgehead atoms. The molecule has 1 unspecified atom stereocenters. The quantitative estimate of drug-likeness (QED) is 0.830. The Morgan fingerprint density at radius 3 is 2.33 bits per heavy atom. The lowest BCUT2D eigenvalue weighted by molar-refractivity contribution is -0.134. The summed E-state index contributed by atoms with van der Waals surface area (Å²) in [6.07, 6.45) is 6.12. The lowest BCUT2D eigenvalue weighted by Gasteiger charge is -2.29. The van der Waals surface area contributed by atoms with Gasteiger partial charge in [0.1, 0.15) is 6.04 Å². The van der Waals surface area contributed by atoms with Gasteiger partial charge in [0.2, 0.25) is 11.8 Å². The summed E-state index contributed by atoms with van der Waals surface area (Å²) in [5.74, 6) is -0.322. The van der Waals surface area contributed by atoms with Gasteiger partial charge in [-0.1, -0.05) is 66.7 Å². The number of carbonyl (C=O) groups excluding carboxylic acids is 2. The van der Waals surface area contributed by atoms with E-state index >= 15 is 0 Å². The Labute approximate surface area is 160 Å². The average molecular weight is 360 g/mol. The standard InChI is InChI=1S/C23H24N2O2/c1-18(24-22(26)13-12-19-8-4-2-5-9-19)23(27)25-16-14-21(15-17-25)20-10-6-3-7-11-20/h2-14,18H,15-17H2,1H3,(H,24,26). The molecule has 0 saturated carbocycles. The first-order valence-corrected chi connectivity index (χ1v) is 9.20. The van der Waals surface area contributed by atoms with E-state index in [0.29, 0.717) is 13.1 Å². The van der Waals surface area contributed by atoms with Crippen LogP contribution < -0.4 is 5.32 Å². The van der Waals surface area contributed by atoms with Crippen LogP contribution in [0.25, 0.3) is 11.6 Å². The van der Waals surface area contributed by atoms with Crippen LogP contribution in [0, 0.1) is 0 Å². The smallest absolute Gasteiger partial charge is 0.245 e. The number of hydrogen-bond donors (Lipinski definition) is 1. The Kier molecular flexibility index (Phi) is 6.21. The zero-order valence-corrected chi connectivity index (χ0v) is 15.5. The number of rotatable bonds is 5. The molecule has 0 fully saturated rings. The van der Waals surface area contributed by atoms with E-state index in [9.17, 15) is 9.59 Å². The second-order valence-electron chi connectivity index (χ2n) is 6.60. The van der Waals surface area contributed by atoms with Gasteiger partial charge in [0.15, 0.2) is 0 Å². The summed E-state index contributed by atoms with van der Waals surface area (Å²) in [6, 6.07) is 19.3. The van der Waals surface area contributed by atoms with Crippen molar-refractivity contribution in [3.63, 3.8) is 0 Å². The minimum absolute atomic E-state index is 0.0557. The van der Waals surface area contributed by atoms with E-state index in [0.717, 1.165) is 12.0 Å². The molecule has 3 rings (SSSR count). The second kappa shape index (κ2) is 8.99. The largest absolute Gasteiger partial charge is 0.341 e. The zero-order valence-electron chi connectivity index (χ0n) is 15.5. The first-order chi connectivity index (χ1) is 13.1. The van der Waals surface area contributed by atoms with Gasteiger partial charge < -0.3 is 10.2 Å². The highest BCUT2D eigenvalue weighted by Gasteiger charge is 2.23. The number of carbonyl (C=O) groups is 2. The van der Waals surface area contributed by atoms with Gasteiger partial charge in [0.25, 0.3) is 0 Å². The van der Waals surface area contributed by atoms with E-state index in [4.69, 9.17) is 0 Å². The van der Waals surface area contributed by atoms with Gasteiger partial charge in [-0.2, -0.15) is 0 Å². The summed E-state index contributed by atoms with van der Waals surface area (Å²) in [5.41, 5.74) is 3.42. The van der Waals surface area contributed by atoms with E-state index in [1.165, 1.54) is 17.2 Å². The van der Waals surface area contributed by atoms with Crippen LogP contribution in [-0.4, -0.2) is 35.8 Å². The molecule has 4 heteroatoms. The summed E-state index contributed by atoms with van der Waals surface area (Å²) in [7, 11) is 0. The molecule has 1 N–H and O–H groups in total. The molecule has 2 amide bonds. The van der Waals surface area contributed by atoms with Crippen LogP contribution in [0.2, 0.25) is 0 Å². The number of nitrogens with one attached hydrogen (secondary N) is 1. The normalized spacial score (nSPS) is 15.3. The maximum Gasteiger partial charge on any atom is 0.245 e. The van der Waals surface area contributed by atoms with Gasteiger partial charge in [-0.3, -0.25) is 9.59 Å². The highest BCUT2D eigenvalue weighted by molar-refractivity contribution is 5.95. The van der Waals surface area contributed by atoms with Crippen LogP contribution in [-0.2, 0) is 9.59 Å². The van der Waals surface area contributed by atoms with Crippen LogP contribution >= 0.6 is 0 Å². The van der Waals surface area contributed by atoms with Crippen molar-refractivity contribution in [2.75, 3.05) is 13.1 Å². The number of hydrogen-bond acceptors (Lipinski definition) is 2. The Morgan fingerprint density at radius 2 is 1.70 bits per heavy atom. The molecule has 1 aliphatic heterocycles. The first kappa shape index (κ1) is 18.6. The predicted octanol–water partition coefficient (Wildman–Crippen LogP) is 3.52. The first-order valence-electron chi connectivity index (χ1n) is 9.20. The van der Waals surface area contributed by atoms with Crippen molar-refractivity contribution < 1.29 is 9.59 Å². The third kappa shape index (κ3) is 5.17. The summed E-state index contributed by atoms with van der Waals surface area (Å²) in [4.78, 5) is 26.5. The molecule has 0 spiro atoms. The van der Waals surface area contributed by atoms with E-state index in [2.05, 4.69) is 23.5 Å². The zero-order chi connectivity index (χ0) is 19.1. The van der Waals surface area contributed by atoms with Crippen molar-refractivity contribution in [1.82, 2.24) is 10.2 Å². The average Bonchev–Trinajstić information content (AvgIpc) is 2.73. The third-order valence-electron chi connectivity index (χ3n) is 4.62. The van der Waals surface area contributed by atoms with Gasteiger partial charge >= 0.3 is 0 Å². The molecular formula is C23H24N2O2. The molecule has 27 heavy (non-hydrogen) atoms. The van der Waals surface area contributed by atoms with E-state index < -0.39 is 6.04 Å². The summed E-state index contributed by atoms with van der Waals surface area (Å²) in [6.45, 7) is 2.97. The van der Waals surface area contributed by atoms with Gasteiger partial charge in [0.05, 0.1) is 0 Å². The number of benzene rings is 2.